The highest BCUT2D eigenvalue weighted by molar-refractivity contribution is 6.30. The normalized spacial score (nSPS) is 10.6. The monoisotopic (exact) mass is 470 g/mol. The lowest BCUT2D eigenvalue weighted by Gasteiger charge is -2.11. The van der Waals surface area contributed by atoms with E-state index in [4.69, 9.17) is 21.1 Å². The second kappa shape index (κ2) is 10.2. The number of methoxy groups -OCH3 is 1. The number of amides is 1. The lowest BCUT2D eigenvalue weighted by Crippen LogP contribution is -2.17. The van der Waals surface area contributed by atoms with Crippen molar-refractivity contribution in [3.05, 3.63) is 97.0 Å². The Labute approximate surface area is 191 Å². The molecule has 0 aliphatic carbocycles. The van der Waals surface area contributed by atoms with E-state index in [0.717, 1.165) is 18.2 Å². The van der Waals surface area contributed by atoms with Crippen LogP contribution < -0.4 is 14.9 Å². The van der Waals surface area contributed by atoms with Gasteiger partial charge in [-0.15, -0.1) is 0 Å². The van der Waals surface area contributed by atoms with Crippen LogP contribution in [0.3, 0.4) is 0 Å². The lowest BCUT2D eigenvalue weighted by molar-refractivity contribution is -0.394. The molecule has 0 saturated heterocycles. The molecule has 168 valence electrons. The van der Waals surface area contributed by atoms with Crippen molar-refractivity contribution in [1.29, 1.82) is 0 Å². The fraction of sp³-hybridized carbons (Fsp3) is 0.0476. The molecule has 0 spiro atoms. The number of hydrazone groups is 1. The molecule has 0 heterocycles. The number of nitrogens with one attached hydrogen (secondary N) is 1. The number of carbonyl (C=O) groups is 1. The van der Waals surface area contributed by atoms with Gasteiger partial charge in [-0.05, 0) is 54.1 Å². The van der Waals surface area contributed by atoms with Crippen molar-refractivity contribution in [2.75, 3.05) is 7.11 Å². The van der Waals surface area contributed by atoms with Crippen molar-refractivity contribution >= 4 is 35.1 Å². The van der Waals surface area contributed by atoms with Crippen molar-refractivity contribution in [2.45, 2.75) is 0 Å². The highest BCUT2D eigenvalue weighted by atomic mass is 35.5. The van der Waals surface area contributed by atoms with Crippen molar-refractivity contribution in [3.63, 3.8) is 0 Å². The van der Waals surface area contributed by atoms with Gasteiger partial charge < -0.3 is 9.47 Å². The number of non-ortho nitro benzene ring substituents is 1. The van der Waals surface area contributed by atoms with Crippen LogP contribution in [0.5, 0.6) is 17.2 Å². The molecular weight excluding hydrogens is 456 g/mol. The zero-order valence-electron chi connectivity index (χ0n) is 16.9. The van der Waals surface area contributed by atoms with E-state index in [2.05, 4.69) is 10.5 Å². The highest BCUT2D eigenvalue weighted by Gasteiger charge is 2.22. The molecule has 3 aromatic carbocycles. The first-order valence-electron chi connectivity index (χ1n) is 9.16. The number of nitro groups is 2. The van der Waals surface area contributed by atoms with E-state index in [1.54, 1.807) is 30.3 Å². The number of hydrogen-bond acceptors (Lipinski definition) is 8. The van der Waals surface area contributed by atoms with E-state index in [9.17, 15) is 25.0 Å². The molecule has 0 bridgehead atoms. The number of nitrogens with zero attached hydrogens (tertiary/aromatic N) is 3. The van der Waals surface area contributed by atoms with Gasteiger partial charge in [0, 0.05) is 16.7 Å². The third-order valence-corrected chi connectivity index (χ3v) is 4.50. The minimum absolute atomic E-state index is 0.136. The van der Waals surface area contributed by atoms with Gasteiger partial charge in [0.15, 0.2) is 11.5 Å². The summed E-state index contributed by atoms with van der Waals surface area (Å²) in [4.78, 5) is 32.7. The molecule has 12 heteroatoms. The third kappa shape index (κ3) is 5.80. The minimum atomic E-state index is -0.779. The molecule has 0 unspecified atom stereocenters. The van der Waals surface area contributed by atoms with Crippen molar-refractivity contribution in [2.24, 2.45) is 5.10 Å². The number of rotatable bonds is 8. The number of hydrogen-bond donors (Lipinski definition) is 1. The van der Waals surface area contributed by atoms with E-state index >= 15 is 0 Å². The molecule has 0 aromatic heterocycles. The third-order valence-electron chi connectivity index (χ3n) is 4.24. The van der Waals surface area contributed by atoms with Gasteiger partial charge in [-0.1, -0.05) is 11.6 Å². The summed E-state index contributed by atoms with van der Waals surface area (Å²) >= 11 is 5.79. The summed E-state index contributed by atoms with van der Waals surface area (Å²) in [5.41, 5.74) is 2.29. The standard InChI is InChI=1S/C21H15ClN4O7/c1-32-20-10-13(12-23-24-21(27)14-3-5-15(22)6-4-14)2-8-19(20)33-18-9-7-16(25(28)29)11-17(18)26(30)31/h2-12H,1H3,(H,24,27)/b23-12+. The van der Waals surface area contributed by atoms with Gasteiger partial charge in [-0.2, -0.15) is 5.10 Å². The van der Waals surface area contributed by atoms with E-state index in [-0.39, 0.29) is 17.2 Å². The summed E-state index contributed by atoms with van der Waals surface area (Å²) in [7, 11) is 1.37. The van der Waals surface area contributed by atoms with Crippen LogP contribution in [0.1, 0.15) is 15.9 Å². The van der Waals surface area contributed by atoms with Gasteiger partial charge in [0.1, 0.15) is 0 Å². The first-order chi connectivity index (χ1) is 15.8. The molecule has 0 fully saturated rings. The van der Waals surface area contributed by atoms with E-state index in [1.807, 2.05) is 0 Å². The predicted octanol–water partition coefficient (Wildman–Crippen LogP) is 4.72. The molecule has 1 amide bonds. The molecule has 3 aromatic rings. The number of halogens is 1. The molecule has 0 aliphatic heterocycles. The van der Waals surface area contributed by atoms with Gasteiger partial charge in [-0.25, -0.2) is 5.43 Å². The van der Waals surface area contributed by atoms with Gasteiger partial charge in [0.2, 0.25) is 5.75 Å². The summed E-state index contributed by atoms with van der Waals surface area (Å²) in [5, 5.41) is 26.6. The van der Waals surface area contributed by atoms with Crippen LogP contribution in [-0.2, 0) is 0 Å². The fourth-order valence-corrected chi connectivity index (χ4v) is 2.77. The second-order valence-electron chi connectivity index (χ2n) is 6.38. The average molecular weight is 471 g/mol. The van der Waals surface area contributed by atoms with Gasteiger partial charge in [0.05, 0.1) is 29.2 Å². The van der Waals surface area contributed by atoms with Crippen molar-refractivity contribution in [3.8, 4) is 17.2 Å². The Kier molecular flexibility index (Phi) is 7.16. The molecule has 11 nitrogen and oxygen atoms in total. The number of nitro benzene ring substituents is 2. The van der Waals surface area contributed by atoms with Crippen LogP contribution in [-0.4, -0.2) is 29.1 Å². The Hall–Kier alpha value is -4.51. The maximum atomic E-state index is 12.1. The molecular formula is C21H15ClN4O7. The maximum Gasteiger partial charge on any atom is 0.318 e. The molecule has 0 radical (unpaired) electrons. The van der Waals surface area contributed by atoms with Crippen LogP contribution in [0.2, 0.25) is 5.02 Å². The SMILES string of the molecule is COc1cc(/C=N/NC(=O)c2ccc(Cl)cc2)ccc1Oc1ccc([N+](=O)[O-])cc1[N+](=O)[O-]. The lowest BCUT2D eigenvalue weighted by atomic mass is 10.2. The predicted molar refractivity (Wildman–Crippen MR) is 119 cm³/mol. The summed E-state index contributed by atoms with van der Waals surface area (Å²) in [5.74, 6) is -0.270. The van der Waals surface area contributed by atoms with Crippen LogP contribution >= 0.6 is 11.6 Å². The van der Waals surface area contributed by atoms with Crippen molar-refractivity contribution < 1.29 is 24.1 Å². The summed E-state index contributed by atoms with van der Waals surface area (Å²) in [6.45, 7) is 0. The van der Waals surface area contributed by atoms with Crippen LogP contribution in [0.25, 0.3) is 0 Å². The number of carbonyl (C=O) groups excluding carboxylic acids is 1. The van der Waals surface area contributed by atoms with Gasteiger partial charge in [0.25, 0.3) is 11.6 Å². The number of ether oxygens (including phenoxy) is 2. The van der Waals surface area contributed by atoms with Crippen LogP contribution in [0, 0.1) is 20.2 Å². The van der Waals surface area contributed by atoms with E-state index in [1.165, 1.54) is 25.5 Å². The molecule has 3 rings (SSSR count). The maximum absolute atomic E-state index is 12.1. The van der Waals surface area contributed by atoms with Gasteiger partial charge >= 0.3 is 5.69 Å². The van der Waals surface area contributed by atoms with Crippen molar-refractivity contribution in [1.82, 2.24) is 5.43 Å². The Morgan fingerprint density at radius 1 is 0.970 bits per heavy atom. The quantitative estimate of drug-likeness (QED) is 0.284. The largest absolute Gasteiger partial charge is 0.493 e. The Bertz CT molecular complexity index is 1250. The van der Waals surface area contributed by atoms with E-state index < -0.39 is 27.1 Å². The molecule has 0 atom stereocenters. The summed E-state index contributed by atoms with van der Waals surface area (Å²) in [6, 6.07) is 13.9. The number of benzene rings is 3. The minimum Gasteiger partial charge on any atom is -0.493 e. The van der Waals surface area contributed by atoms with E-state index in [0.29, 0.717) is 16.1 Å². The molecule has 33 heavy (non-hydrogen) atoms. The zero-order chi connectivity index (χ0) is 24.0. The first-order valence-corrected chi connectivity index (χ1v) is 9.54. The summed E-state index contributed by atoms with van der Waals surface area (Å²) < 4.78 is 10.8. The Morgan fingerprint density at radius 3 is 2.30 bits per heavy atom. The average Bonchev–Trinajstić information content (AvgIpc) is 2.80. The zero-order valence-corrected chi connectivity index (χ0v) is 17.7. The Morgan fingerprint density at radius 2 is 1.67 bits per heavy atom. The highest BCUT2D eigenvalue weighted by Crippen LogP contribution is 2.38. The van der Waals surface area contributed by atoms with Crippen LogP contribution in [0.15, 0.2) is 65.8 Å². The smallest absolute Gasteiger partial charge is 0.318 e. The van der Waals surface area contributed by atoms with Crippen LogP contribution in [0.4, 0.5) is 11.4 Å². The topological polar surface area (TPSA) is 146 Å². The first kappa shape index (κ1) is 23.2. The fourth-order valence-electron chi connectivity index (χ4n) is 2.65. The van der Waals surface area contributed by atoms with Gasteiger partial charge in [-0.3, -0.25) is 25.0 Å². The molecule has 1 N–H and O–H groups in total. The Balaban J connectivity index is 1.77. The second-order valence-corrected chi connectivity index (χ2v) is 6.82. The molecule has 0 saturated carbocycles. The summed E-state index contributed by atoms with van der Waals surface area (Å²) in [6.07, 6.45) is 1.37. The molecule has 0 aliphatic rings.